The smallest absolute Gasteiger partial charge is 0.306 e. The van der Waals surface area contributed by atoms with Crippen LogP contribution in [0.2, 0.25) is 0 Å². The zero-order chi connectivity index (χ0) is 41.9. The Hall–Kier alpha value is -1.89. The highest BCUT2D eigenvalue weighted by Crippen LogP contribution is 2.31. The van der Waals surface area contributed by atoms with Gasteiger partial charge in [0.05, 0.1) is 19.4 Å². The molecular weight excluding hydrogens is 699 g/mol. The zero-order valence-corrected chi connectivity index (χ0v) is 38.6. The van der Waals surface area contributed by atoms with E-state index in [2.05, 4.69) is 59.4 Å². The second-order valence-corrected chi connectivity index (χ2v) is 18.8. The number of allylic oxidation sites excluding steroid dienone is 1. The molecule has 0 N–H and O–H groups in total. The van der Waals surface area contributed by atoms with Gasteiger partial charge >= 0.3 is 17.9 Å². The van der Waals surface area contributed by atoms with Crippen LogP contribution in [0, 0.1) is 16.7 Å². The predicted octanol–water partition coefficient (Wildman–Crippen LogP) is 13.8. The Bertz CT molecular complexity index is 989. The number of hydrogen-bond donors (Lipinski definition) is 0. The van der Waals surface area contributed by atoms with Gasteiger partial charge < -0.3 is 19.1 Å². The first-order valence-corrected chi connectivity index (χ1v) is 23.5. The van der Waals surface area contributed by atoms with Crippen molar-refractivity contribution in [3.8, 4) is 0 Å². The number of rotatable bonds is 39. The van der Waals surface area contributed by atoms with E-state index in [0.717, 1.165) is 83.6 Å². The van der Waals surface area contributed by atoms with Gasteiger partial charge in [-0.1, -0.05) is 151 Å². The van der Waals surface area contributed by atoms with E-state index in [9.17, 15) is 14.4 Å². The summed E-state index contributed by atoms with van der Waals surface area (Å²) in [6, 6.07) is 0. The highest BCUT2D eigenvalue weighted by Gasteiger charge is 2.25. The Balaban J connectivity index is 4.81. The van der Waals surface area contributed by atoms with Gasteiger partial charge in [-0.3, -0.25) is 14.4 Å². The molecule has 0 rings (SSSR count). The SMILES string of the molecule is CCCCCCC/C=C\COC(=O)CC(C)(C)CCCCC(CCCCC(C)(C)CC(=O)OCC(CCCCC)CCCCCCC)OC(=O)CCCN(C)C. The number of unbranched alkanes of at least 4 members (excludes halogenated alkanes) is 13. The van der Waals surface area contributed by atoms with E-state index in [0.29, 0.717) is 38.4 Å². The van der Waals surface area contributed by atoms with Crippen molar-refractivity contribution in [1.29, 1.82) is 0 Å². The minimum absolute atomic E-state index is 0.0671. The van der Waals surface area contributed by atoms with Crippen LogP contribution in [0.25, 0.3) is 0 Å². The van der Waals surface area contributed by atoms with Crippen molar-refractivity contribution in [3.63, 3.8) is 0 Å². The van der Waals surface area contributed by atoms with E-state index in [-0.39, 0.29) is 34.8 Å². The number of nitrogens with zero attached hydrogens (tertiary/aromatic N) is 1. The molecule has 0 heterocycles. The van der Waals surface area contributed by atoms with Gasteiger partial charge in [-0.2, -0.15) is 0 Å². The first-order valence-electron chi connectivity index (χ1n) is 23.5. The number of hydrogen-bond acceptors (Lipinski definition) is 7. The third-order valence-corrected chi connectivity index (χ3v) is 11.2. The average molecular weight is 792 g/mol. The van der Waals surface area contributed by atoms with Crippen LogP contribution in [0.15, 0.2) is 12.2 Å². The molecule has 0 aromatic carbocycles. The van der Waals surface area contributed by atoms with E-state index in [4.69, 9.17) is 14.2 Å². The van der Waals surface area contributed by atoms with Crippen molar-refractivity contribution in [2.75, 3.05) is 33.9 Å². The van der Waals surface area contributed by atoms with Crippen LogP contribution in [-0.4, -0.2) is 62.8 Å². The lowest BCUT2D eigenvalue weighted by atomic mass is 9.83. The van der Waals surface area contributed by atoms with Gasteiger partial charge in [0.25, 0.3) is 0 Å². The maximum Gasteiger partial charge on any atom is 0.306 e. The van der Waals surface area contributed by atoms with Crippen molar-refractivity contribution < 1.29 is 28.6 Å². The molecule has 2 atom stereocenters. The van der Waals surface area contributed by atoms with Crippen LogP contribution in [0.1, 0.15) is 228 Å². The number of ether oxygens (including phenoxy) is 3. The molecule has 7 nitrogen and oxygen atoms in total. The van der Waals surface area contributed by atoms with Gasteiger partial charge in [-0.15, -0.1) is 0 Å². The normalized spacial score (nSPS) is 13.3. The second kappa shape index (κ2) is 35.1. The third kappa shape index (κ3) is 35.3. The lowest BCUT2D eigenvalue weighted by Gasteiger charge is -2.25. The lowest BCUT2D eigenvalue weighted by molar-refractivity contribution is -0.150. The first kappa shape index (κ1) is 54.1. The minimum atomic E-state index is -0.143. The summed E-state index contributed by atoms with van der Waals surface area (Å²) in [5.74, 6) is 0.167. The fourth-order valence-electron chi connectivity index (χ4n) is 7.49. The molecule has 7 heteroatoms. The van der Waals surface area contributed by atoms with Crippen molar-refractivity contribution in [2.24, 2.45) is 16.7 Å². The molecule has 330 valence electrons. The zero-order valence-electron chi connectivity index (χ0n) is 38.6. The van der Waals surface area contributed by atoms with Gasteiger partial charge in [0, 0.05) is 6.42 Å². The lowest BCUT2D eigenvalue weighted by Crippen LogP contribution is -2.22. The Morgan fingerprint density at radius 1 is 0.554 bits per heavy atom. The predicted molar refractivity (Wildman–Crippen MR) is 237 cm³/mol. The Kier molecular flexibility index (Phi) is 33.9. The van der Waals surface area contributed by atoms with E-state index in [1.54, 1.807) is 0 Å². The summed E-state index contributed by atoms with van der Waals surface area (Å²) in [6.07, 6.45) is 33.2. The number of esters is 3. The Morgan fingerprint density at radius 3 is 1.59 bits per heavy atom. The molecular formula is C49H93NO6. The average Bonchev–Trinajstić information content (AvgIpc) is 3.12. The van der Waals surface area contributed by atoms with Crippen molar-refractivity contribution in [1.82, 2.24) is 4.90 Å². The van der Waals surface area contributed by atoms with E-state index < -0.39 is 0 Å². The standard InChI is InChI=1S/C49H93NO6/c1-10-13-16-18-19-20-22-29-39-54-46(52)40-48(4,5)36-27-25-33-44(56-45(51)35-30-38-50(8)9)34-26-28-37-49(6,7)41-47(53)55-42-43(31-23-15-12-3)32-24-21-17-14-11-2/h22,29,43-44H,10-21,23-28,30-42H2,1-9H3/b29-22-. The van der Waals surface area contributed by atoms with Crippen molar-refractivity contribution in [3.05, 3.63) is 12.2 Å². The molecule has 0 aliphatic carbocycles. The molecule has 0 spiro atoms. The van der Waals surface area contributed by atoms with E-state index in [1.165, 1.54) is 83.5 Å². The summed E-state index contributed by atoms with van der Waals surface area (Å²) in [6.45, 7) is 17.1. The van der Waals surface area contributed by atoms with E-state index in [1.807, 2.05) is 20.2 Å². The highest BCUT2D eigenvalue weighted by molar-refractivity contribution is 5.70. The molecule has 0 amide bonds. The first-order chi connectivity index (χ1) is 26.7. The summed E-state index contributed by atoms with van der Waals surface area (Å²) in [5, 5.41) is 0. The molecule has 0 aliphatic rings. The maximum absolute atomic E-state index is 13.0. The molecule has 0 aliphatic heterocycles. The number of carbonyl (C=O) groups is 3. The van der Waals surface area contributed by atoms with Gasteiger partial charge in [0.2, 0.25) is 0 Å². The third-order valence-electron chi connectivity index (χ3n) is 11.2. The van der Waals surface area contributed by atoms with Crippen molar-refractivity contribution in [2.45, 2.75) is 234 Å². The molecule has 56 heavy (non-hydrogen) atoms. The number of carbonyl (C=O) groups excluding carboxylic acids is 3. The fraction of sp³-hybridized carbons (Fsp3) is 0.898. The monoisotopic (exact) mass is 792 g/mol. The summed E-state index contributed by atoms with van der Waals surface area (Å²) >= 11 is 0. The Labute approximate surface area is 347 Å². The van der Waals surface area contributed by atoms with E-state index >= 15 is 0 Å². The van der Waals surface area contributed by atoms with Crippen molar-refractivity contribution >= 4 is 17.9 Å². The molecule has 0 saturated carbocycles. The van der Waals surface area contributed by atoms with Crippen LogP contribution in [-0.2, 0) is 28.6 Å². The van der Waals surface area contributed by atoms with Gasteiger partial charge in [0.15, 0.2) is 0 Å². The Morgan fingerprint density at radius 2 is 1.04 bits per heavy atom. The molecule has 0 saturated heterocycles. The van der Waals surface area contributed by atoms with Crippen LogP contribution in [0.4, 0.5) is 0 Å². The molecule has 0 fully saturated rings. The van der Waals surface area contributed by atoms with Gasteiger partial charge in [-0.25, -0.2) is 0 Å². The highest BCUT2D eigenvalue weighted by atomic mass is 16.5. The van der Waals surface area contributed by atoms with Crippen LogP contribution < -0.4 is 0 Å². The minimum Gasteiger partial charge on any atom is -0.465 e. The quantitative estimate of drug-likeness (QED) is 0.0265. The molecule has 0 aromatic rings. The molecule has 0 aromatic heterocycles. The van der Waals surface area contributed by atoms with Crippen LogP contribution >= 0.6 is 0 Å². The summed E-state index contributed by atoms with van der Waals surface area (Å²) < 4.78 is 17.5. The molecule has 0 radical (unpaired) electrons. The second-order valence-electron chi connectivity index (χ2n) is 18.8. The molecule has 2 unspecified atom stereocenters. The van der Waals surface area contributed by atoms with Gasteiger partial charge in [-0.05, 0) is 108 Å². The summed E-state index contributed by atoms with van der Waals surface area (Å²) in [4.78, 5) is 40.4. The van der Waals surface area contributed by atoms with Crippen LogP contribution in [0.5, 0.6) is 0 Å². The largest absolute Gasteiger partial charge is 0.465 e. The topological polar surface area (TPSA) is 82.1 Å². The fourth-order valence-corrected chi connectivity index (χ4v) is 7.49. The summed E-state index contributed by atoms with van der Waals surface area (Å²) in [7, 11) is 4.04. The van der Waals surface area contributed by atoms with Crippen LogP contribution in [0.3, 0.4) is 0 Å². The maximum atomic E-state index is 13.0. The molecule has 0 bridgehead atoms. The summed E-state index contributed by atoms with van der Waals surface area (Å²) in [5.41, 5.74) is -0.278. The van der Waals surface area contributed by atoms with Gasteiger partial charge in [0.1, 0.15) is 12.7 Å².